The molecule has 0 fully saturated rings. The Balaban J connectivity index is 1.65. The van der Waals surface area contributed by atoms with E-state index in [1.165, 1.54) is 17.8 Å². The van der Waals surface area contributed by atoms with Crippen molar-refractivity contribution >= 4 is 29.0 Å². The molecule has 0 saturated heterocycles. The minimum absolute atomic E-state index is 0.128. The molecule has 2 heterocycles. The average molecular weight is 316 g/mol. The Bertz CT molecular complexity index is 833. The molecule has 22 heavy (non-hydrogen) atoms. The maximum absolute atomic E-state index is 13.7. The predicted octanol–water partition coefficient (Wildman–Crippen LogP) is 2.91. The SMILES string of the molecule is Cc1ccc(NC(=O)CSc2nnc3ccccn23)c(F)c1. The highest BCUT2D eigenvalue weighted by atomic mass is 32.2. The molecule has 3 aromatic rings. The van der Waals surface area contributed by atoms with E-state index in [9.17, 15) is 9.18 Å². The zero-order valence-electron chi connectivity index (χ0n) is 11.8. The third-order valence-electron chi connectivity index (χ3n) is 3.01. The molecule has 0 saturated carbocycles. The molecule has 0 atom stereocenters. The van der Waals surface area contributed by atoms with Crippen LogP contribution in [-0.4, -0.2) is 26.3 Å². The normalized spacial score (nSPS) is 10.8. The van der Waals surface area contributed by atoms with Gasteiger partial charge in [-0.25, -0.2) is 4.39 Å². The van der Waals surface area contributed by atoms with Gasteiger partial charge in [-0.2, -0.15) is 0 Å². The number of amides is 1. The zero-order valence-corrected chi connectivity index (χ0v) is 12.6. The fourth-order valence-electron chi connectivity index (χ4n) is 1.96. The number of pyridine rings is 1. The maximum Gasteiger partial charge on any atom is 0.234 e. The number of aryl methyl sites for hydroxylation is 1. The van der Waals surface area contributed by atoms with E-state index in [1.807, 2.05) is 24.4 Å². The number of hydrogen-bond donors (Lipinski definition) is 1. The molecule has 0 aliphatic rings. The molecule has 1 N–H and O–H groups in total. The van der Waals surface area contributed by atoms with Crippen molar-refractivity contribution < 1.29 is 9.18 Å². The molecule has 0 bridgehead atoms. The fraction of sp³-hybridized carbons (Fsp3) is 0.133. The lowest BCUT2D eigenvalue weighted by molar-refractivity contribution is -0.113. The van der Waals surface area contributed by atoms with Crippen molar-refractivity contribution in [3.8, 4) is 0 Å². The summed E-state index contributed by atoms with van der Waals surface area (Å²) in [6.45, 7) is 1.79. The monoisotopic (exact) mass is 316 g/mol. The highest BCUT2D eigenvalue weighted by Gasteiger charge is 2.10. The molecule has 0 unspecified atom stereocenters. The third kappa shape index (κ3) is 3.09. The average Bonchev–Trinajstić information content (AvgIpc) is 2.91. The Morgan fingerprint density at radius 1 is 1.32 bits per heavy atom. The van der Waals surface area contributed by atoms with E-state index in [0.29, 0.717) is 5.16 Å². The van der Waals surface area contributed by atoms with E-state index in [4.69, 9.17) is 0 Å². The first-order valence-electron chi connectivity index (χ1n) is 6.62. The third-order valence-corrected chi connectivity index (χ3v) is 3.96. The van der Waals surface area contributed by atoms with Crippen LogP contribution in [0.15, 0.2) is 47.8 Å². The molecular formula is C15H13FN4OS. The van der Waals surface area contributed by atoms with Crippen LogP contribution < -0.4 is 5.32 Å². The van der Waals surface area contributed by atoms with Gasteiger partial charge in [-0.1, -0.05) is 23.9 Å². The lowest BCUT2D eigenvalue weighted by atomic mass is 10.2. The number of fused-ring (bicyclic) bond motifs is 1. The maximum atomic E-state index is 13.7. The second-order valence-corrected chi connectivity index (χ2v) is 5.67. The fourth-order valence-corrected chi connectivity index (χ4v) is 2.68. The van der Waals surface area contributed by atoms with Crippen molar-refractivity contribution in [2.45, 2.75) is 12.1 Å². The Labute approximate surface area is 130 Å². The van der Waals surface area contributed by atoms with Gasteiger partial charge in [0, 0.05) is 6.20 Å². The smallest absolute Gasteiger partial charge is 0.234 e. The minimum Gasteiger partial charge on any atom is -0.323 e. The summed E-state index contributed by atoms with van der Waals surface area (Å²) in [5.41, 5.74) is 1.71. The number of halogens is 1. The number of rotatable bonds is 4. The van der Waals surface area contributed by atoms with Crippen LogP contribution in [0.4, 0.5) is 10.1 Å². The van der Waals surface area contributed by atoms with Crippen molar-refractivity contribution in [1.82, 2.24) is 14.6 Å². The van der Waals surface area contributed by atoms with Gasteiger partial charge in [0.05, 0.1) is 11.4 Å². The van der Waals surface area contributed by atoms with Gasteiger partial charge in [-0.3, -0.25) is 9.20 Å². The van der Waals surface area contributed by atoms with Crippen LogP contribution in [0.5, 0.6) is 0 Å². The molecule has 2 aromatic heterocycles. The van der Waals surface area contributed by atoms with Gasteiger partial charge in [0.1, 0.15) is 5.82 Å². The van der Waals surface area contributed by atoms with Crippen molar-refractivity contribution in [2.75, 3.05) is 11.1 Å². The van der Waals surface area contributed by atoms with Crippen molar-refractivity contribution in [2.24, 2.45) is 0 Å². The Kier molecular flexibility index (Phi) is 4.06. The molecule has 1 aromatic carbocycles. The lowest BCUT2D eigenvalue weighted by Crippen LogP contribution is -2.15. The highest BCUT2D eigenvalue weighted by Crippen LogP contribution is 2.19. The highest BCUT2D eigenvalue weighted by molar-refractivity contribution is 7.99. The summed E-state index contributed by atoms with van der Waals surface area (Å²) in [7, 11) is 0. The van der Waals surface area contributed by atoms with Crippen molar-refractivity contribution in [3.63, 3.8) is 0 Å². The number of thioether (sulfide) groups is 1. The number of nitrogens with one attached hydrogen (secondary N) is 1. The van der Waals surface area contributed by atoms with Crippen LogP contribution in [-0.2, 0) is 4.79 Å². The Morgan fingerprint density at radius 2 is 2.18 bits per heavy atom. The summed E-state index contributed by atoms with van der Waals surface area (Å²) in [5, 5.41) is 11.2. The van der Waals surface area contributed by atoms with Crippen LogP contribution in [0.2, 0.25) is 0 Å². The summed E-state index contributed by atoms with van der Waals surface area (Å²) in [5.74, 6) is -0.602. The molecular weight excluding hydrogens is 303 g/mol. The zero-order chi connectivity index (χ0) is 15.5. The summed E-state index contributed by atoms with van der Waals surface area (Å²) in [6.07, 6.45) is 1.83. The molecule has 1 amide bonds. The van der Waals surface area contributed by atoms with Gasteiger partial charge in [0.15, 0.2) is 10.8 Å². The number of aromatic nitrogens is 3. The Morgan fingerprint density at radius 3 is 3.00 bits per heavy atom. The van der Waals surface area contributed by atoms with E-state index < -0.39 is 5.82 Å². The summed E-state index contributed by atoms with van der Waals surface area (Å²) < 4.78 is 15.5. The van der Waals surface area contributed by atoms with Crippen LogP contribution >= 0.6 is 11.8 Å². The molecule has 112 valence electrons. The van der Waals surface area contributed by atoms with Crippen LogP contribution in [0.1, 0.15) is 5.56 Å². The second kappa shape index (κ2) is 6.15. The molecule has 3 rings (SSSR count). The van der Waals surface area contributed by atoms with E-state index in [1.54, 1.807) is 23.5 Å². The van der Waals surface area contributed by atoms with Crippen LogP contribution in [0.25, 0.3) is 5.65 Å². The van der Waals surface area contributed by atoms with Gasteiger partial charge in [0.25, 0.3) is 0 Å². The van der Waals surface area contributed by atoms with Gasteiger partial charge in [-0.15, -0.1) is 10.2 Å². The number of carbonyl (C=O) groups excluding carboxylic acids is 1. The second-order valence-electron chi connectivity index (χ2n) is 4.73. The van der Waals surface area contributed by atoms with Crippen molar-refractivity contribution in [1.29, 1.82) is 0 Å². The van der Waals surface area contributed by atoms with E-state index >= 15 is 0 Å². The van der Waals surface area contributed by atoms with Gasteiger partial charge >= 0.3 is 0 Å². The van der Waals surface area contributed by atoms with E-state index in [2.05, 4.69) is 15.5 Å². The first-order valence-corrected chi connectivity index (χ1v) is 7.60. The van der Waals surface area contributed by atoms with Gasteiger partial charge in [-0.05, 0) is 36.8 Å². The standard InChI is InChI=1S/C15H13FN4OS/c1-10-5-6-12(11(16)8-10)17-14(21)9-22-15-19-18-13-4-2-3-7-20(13)15/h2-8H,9H2,1H3,(H,17,21). The quantitative estimate of drug-likeness (QED) is 0.752. The summed E-state index contributed by atoms with van der Waals surface area (Å²) in [6, 6.07) is 10.2. The molecule has 5 nitrogen and oxygen atoms in total. The summed E-state index contributed by atoms with van der Waals surface area (Å²) >= 11 is 1.25. The van der Waals surface area contributed by atoms with Gasteiger partial charge < -0.3 is 5.32 Å². The van der Waals surface area contributed by atoms with Gasteiger partial charge in [0.2, 0.25) is 5.91 Å². The molecule has 0 spiro atoms. The number of anilines is 1. The Hall–Kier alpha value is -2.41. The molecule has 7 heteroatoms. The number of nitrogens with zero attached hydrogens (tertiary/aromatic N) is 3. The first kappa shape index (κ1) is 14.5. The summed E-state index contributed by atoms with van der Waals surface area (Å²) in [4.78, 5) is 11.9. The van der Waals surface area contributed by atoms with Crippen LogP contribution in [0, 0.1) is 12.7 Å². The molecule has 0 aliphatic carbocycles. The van der Waals surface area contributed by atoms with Crippen LogP contribution in [0.3, 0.4) is 0 Å². The largest absolute Gasteiger partial charge is 0.323 e. The minimum atomic E-state index is -0.439. The van der Waals surface area contributed by atoms with E-state index in [-0.39, 0.29) is 17.3 Å². The van der Waals surface area contributed by atoms with E-state index in [0.717, 1.165) is 11.2 Å². The first-order chi connectivity index (χ1) is 10.6. The predicted molar refractivity (Wildman–Crippen MR) is 83.5 cm³/mol. The lowest BCUT2D eigenvalue weighted by Gasteiger charge is -2.06. The topological polar surface area (TPSA) is 59.3 Å². The van der Waals surface area contributed by atoms with Crippen molar-refractivity contribution in [3.05, 3.63) is 54.0 Å². The number of hydrogen-bond acceptors (Lipinski definition) is 4. The number of carbonyl (C=O) groups is 1. The molecule has 0 aliphatic heterocycles. The molecule has 0 radical (unpaired) electrons. The number of benzene rings is 1.